The molecule has 1 aromatic carbocycles. The highest BCUT2D eigenvalue weighted by atomic mass is 79.9. The fraction of sp³-hybridized carbons (Fsp3) is 0.562. The van der Waals surface area contributed by atoms with Crippen molar-refractivity contribution in [3.8, 4) is 0 Å². The van der Waals surface area contributed by atoms with Crippen LogP contribution in [0.5, 0.6) is 0 Å². The highest BCUT2D eigenvalue weighted by Gasteiger charge is 2.22. The first kappa shape index (κ1) is 16.5. The second-order valence-corrected chi connectivity index (χ2v) is 6.62. The van der Waals surface area contributed by atoms with E-state index >= 15 is 0 Å². The van der Waals surface area contributed by atoms with Gasteiger partial charge in [-0.25, -0.2) is 0 Å². The number of hydrogen-bond acceptors (Lipinski definition) is 3. The molecular weight excluding hydrogens is 330 g/mol. The van der Waals surface area contributed by atoms with Crippen LogP contribution in [0.4, 0.5) is 0 Å². The van der Waals surface area contributed by atoms with Gasteiger partial charge in [-0.15, -0.1) is 0 Å². The molecular formula is C16H24BrN3O. The van der Waals surface area contributed by atoms with Gasteiger partial charge in [0.05, 0.1) is 5.56 Å². The van der Waals surface area contributed by atoms with Gasteiger partial charge in [-0.3, -0.25) is 9.69 Å². The van der Waals surface area contributed by atoms with Gasteiger partial charge >= 0.3 is 0 Å². The van der Waals surface area contributed by atoms with Crippen molar-refractivity contribution in [3.05, 3.63) is 34.3 Å². The maximum absolute atomic E-state index is 12.5. The van der Waals surface area contributed by atoms with E-state index in [9.17, 15) is 4.79 Å². The number of nitrogens with zero attached hydrogens (tertiary/aromatic N) is 3. The van der Waals surface area contributed by atoms with Crippen LogP contribution in [-0.2, 0) is 0 Å². The van der Waals surface area contributed by atoms with Crippen molar-refractivity contribution in [2.24, 2.45) is 0 Å². The second kappa shape index (κ2) is 7.92. The maximum Gasteiger partial charge on any atom is 0.255 e. The van der Waals surface area contributed by atoms with E-state index in [-0.39, 0.29) is 5.91 Å². The third-order valence-corrected chi connectivity index (χ3v) is 4.53. The van der Waals surface area contributed by atoms with E-state index in [4.69, 9.17) is 0 Å². The summed E-state index contributed by atoms with van der Waals surface area (Å²) in [6.45, 7) is 5.84. The Balaban J connectivity index is 1.81. The van der Waals surface area contributed by atoms with Crippen molar-refractivity contribution in [2.45, 2.75) is 6.42 Å². The number of amides is 1. The van der Waals surface area contributed by atoms with Crippen molar-refractivity contribution in [1.29, 1.82) is 0 Å². The number of halogens is 1. The van der Waals surface area contributed by atoms with Crippen LogP contribution in [0.1, 0.15) is 16.8 Å². The van der Waals surface area contributed by atoms with Crippen molar-refractivity contribution >= 4 is 21.8 Å². The van der Waals surface area contributed by atoms with E-state index in [1.807, 2.05) is 29.2 Å². The molecule has 0 spiro atoms. The van der Waals surface area contributed by atoms with E-state index in [1.54, 1.807) is 0 Å². The Morgan fingerprint density at radius 2 is 1.86 bits per heavy atom. The minimum absolute atomic E-state index is 0.135. The average Bonchev–Trinajstić information content (AvgIpc) is 2.47. The molecule has 116 valence electrons. The third-order valence-electron chi connectivity index (χ3n) is 3.84. The molecule has 21 heavy (non-hydrogen) atoms. The number of carbonyl (C=O) groups is 1. The smallest absolute Gasteiger partial charge is 0.255 e. The largest absolute Gasteiger partial charge is 0.336 e. The third kappa shape index (κ3) is 4.80. The number of benzene rings is 1. The lowest BCUT2D eigenvalue weighted by atomic mass is 10.2. The molecule has 1 heterocycles. The monoisotopic (exact) mass is 353 g/mol. The lowest BCUT2D eigenvalue weighted by Crippen LogP contribution is -2.49. The molecule has 0 atom stereocenters. The summed E-state index contributed by atoms with van der Waals surface area (Å²) in [5.74, 6) is 0.135. The summed E-state index contributed by atoms with van der Waals surface area (Å²) in [6, 6.07) is 7.65. The Labute approximate surface area is 135 Å². The average molecular weight is 354 g/mol. The zero-order valence-electron chi connectivity index (χ0n) is 12.9. The molecule has 0 aliphatic carbocycles. The van der Waals surface area contributed by atoms with Crippen LogP contribution < -0.4 is 0 Å². The van der Waals surface area contributed by atoms with Gasteiger partial charge in [0.15, 0.2) is 0 Å². The quantitative estimate of drug-likeness (QED) is 0.811. The van der Waals surface area contributed by atoms with Crippen molar-refractivity contribution < 1.29 is 4.79 Å². The van der Waals surface area contributed by atoms with Crippen molar-refractivity contribution in [2.75, 3.05) is 53.4 Å². The molecule has 2 rings (SSSR count). The molecule has 1 amide bonds. The summed E-state index contributed by atoms with van der Waals surface area (Å²) < 4.78 is 0.878. The number of piperazine rings is 1. The Hall–Kier alpha value is -0.910. The van der Waals surface area contributed by atoms with Crippen LogP contribution in [0.15, 0.2) is 28.7 Å². The Morgan fingerprint density at radius 3 is 2.48 bits per heavy atom. The van der Waals surface area contributed by atoms with E-state index in [1.165, 1.54) is 6.42 Å². The van der Waals surface area contributed by atoms with Gasteiger partial charge in [-0.2, -0.15) is 0 Å². The maximum atomic E-state index is 12.5. The molecule has 5 heteroatoms. The summed E-state index contributed by atoms with van der Waals surface area (Å²) >= 11 is 3.46. The molecule has 1 saturated heterocycles. The van der Waals surface area contributed by atoms with Crippen LogP contribution in [0.25, 0.3) is 0 Å². The first-order chi connectivity index (χ1) is 10.1. The molecule has 0 N–H and O–H groups in total. The molecule has 1 aliphatic heterocycles. The summed E-state index contributed by atoms with van der Waals surface area (Å²) in [7, 11) is 4.21. The van der Waals surface area contributed by atoms with Crippen LogP contribution in [0.2, 0.25) is 0 Å². The van der Waals surface area contributed by atoms with Gasteiger partial charge in [0.25, 0.3) is 5.91 Å². The summed E-state index contributed by atoms with van der Waals surface area (Å²) in [6.07, 6.45) is 1.19. The van der Waals surface area contributed by atoms with Gasteiger partial charge in [0.1, 0.15) is 0 Å². The molecule has 0 bridgehead atoms. The topological polar surface area (TPSA) is 26.8 Å². The van der Waals surface area contributed by atoms with Crippen LogP contribution in [0, 0.1) is 0 Å². The molecule has 1 aliphatic rings. The van der Waals surface area contributed by atoms with E-state index in [2.05, 4.69) is 39.8 Å². The minimum Gasteiger partial charge on any atom is -0.336 e. The fourth-order valence-corrected chi connectivity index (χ4v) is 3.04. The summed E-state index contributed by atoms with van der Waals surface area (Å²) in [4.78, 5) is 19.1. The number of carbonyl (C=O) groups excluding carboxylic acids is 1. The highest BCUT2D eigenvalue weighted by Crippen LogP contribution is 2.18. The van der Waals surface area contributed by atoms with Gasteiger partial charge in [-0.1, -0.05) is 12.1 Å². The minimum atomic E-state index is 0.135. The van der Waals surface area contributed by atoms with E-state index in [0.717, 1.165) is 49.3 Å². The van der Waals surface area contributed by atoms with Gasteiger partial charge in [-0.05, 0) is 61.7 Å². The molecule has 1 fully saturated rings. The van der Waals surface area contributed by atoms with E-state index < -0.39 is 0 Å². The normalized spacial score (nSPS) is 16.5. The predicted octanol–water partition coefficient (Wildman–Crippen LogP) is 2.16. The predicted molar refractivity (Wildman–Crippen MR) is 89.7 cm³/mol. The van der Waals surface area contributed by atoms with Crippen LogP contribution >= 0.6 is 15.9 Å². The lowest BCUT2D eigenvalue weighted by molar-refractivity contribution is 0.0633. The zero-order valence-corrected chi connectivity index (χ0v) is 14.5. The lowest BCUT2D eigenvalue weighted by Gasteiger charge is -2.35. The first-order valence-electron chi connectivity index (χ1n) is 7.49. The van der Waals surface area contributed by atoms with Gasteiger partial charge in [0, 0.05) is 30.7 Å². The Morgan fingerprint density at radius 1 is 1.19 bits per heavy atom. The SMILES string of the molecule is CN(C)CCCN1CCN(C(=O)c2ccccc2Br)CC1. The molecule has 0 aromatic heterocycles. The van der Waals surface area contributed by atoms with Crippen molar-refractivity contribution in [1.82, 2.24) is 14.7 Å². The van der Waals surface area contributed by atoms with Crippen molar-refractivity contribution in [3.63, 3.8) is 0 Å². The fourth-order valence-electron chi connectivity index (χ4n) is 2.59. The molecule has 0 radical (unpaired) electrons. The second-order valence-electron chi connectivity index (χ2n) is 5.77. The molecule has 1 aromatic rings. The first-order valence-corrected chi connectivity index (χ1v) is 8.28. The Bertz CT molecular complexity index is 470. The van der Waals surface area contributed by atoms with Crippen LogP contribution in [-0.4, -0.2) is 74.0 Å². The molecule has 4 nitrogen and oxygen atoms in total. The van der Waals surface area contributed by atoms with Crippen LogP contribution in [0.3, 0.4) is 0 Å². The molecule has 0 saturated carbocycles. The Kier molecular flexibility index (Phi) is 6.21. The zero-order chi connectivity index (χ0) is 15.2. The summed E-state index contributed by atoms with van der Waals surface area (Å²) in [5, 5.41) is 0. The highest BCUT2D eigenvalue weighted by molar-refractivity contribution is 9.10. The van der Waals surface area contributed by atoms with Gasteiger partial charge < -0.3 is 9.80 Å². The number of rotatable bonds is 5. The van der Waals surface area contributed by atoms with Gasteiger partial charge in [0.2, 0.25) is 0 Å². The standard InChI is InChI=1S/C16H24BrN3O/c1-18(2)8-5-9-19-10-12-20(13-11-19)16(21)14-6-3-4-7-15(14)17/h3-4,6-7H,5,8-13H2,1-2H3. The van der Waals surface area contributed by atoms with E-state index in [0.29, 0.717) is 0 Å². The summed E-state index contributed by atoms with van der Waals surface area (Å²) in [5.41, 5.74) is 0.763. The molecule has 0 unspecified atom stereocenters. The number of hydrogen-bond donors (Lipinski definition) is 0.